The van der Waals surface area contributed by atoms with E-state index >= 15 is 0 Å². The first-order chi connectivity index (χ1) is 9.45. The summed E-state index contributed by atoms with van der Waals surface area (Å²) in [5, 5.41) is 16.9. The lowest BCUT2D eigenvalue weighted by molar-refractivity contribution is -0.384. The van der Waals surface area contributed by atoms with Gasteiger partial charge >= 0.3 is 0 Å². The fraction of sp³-hybridized carbons (Fsp3) is 0.462. The van der Waals surface area contributed by atoms with E-state index < -0.39 is 11.0 Å². The number of halogens is 1. The van der Waals surface area contributed by atoms with E-state index in [1.165, 1.54) is 18.2 Å². The van der Waals surface area contributed by atoms with Gasteiger partial charge < -0.3 is 10.6 Å². The Morgan fingerprint density at radius 3 is 2.80 bits per heavy atom. The molecular formula is C13H18ClN3O3. The number of rotatable bonds is 7. The Morgan fingerprint density at radius 1 is 1.50 bits per heavy atom. The van der Waals surface area contributed by atoms with Crippen molar-refractivity contribution in [3.8, 4) is 0 Å². The summed E-state index contributed by atoms with van der Waals surface area (Å²) in [5.74, 6) is -0.103. The number of non-ortho nitro benzene ring substituents is 1. The fourth-order valence-electron chi connectivity index (χ4n) is 1.57. The SMILES string of the molecule is CCCNC(=O)C(C)NCc1cc([N+](=O)[O-])ccc1Cl. The zero-order chi connectivity index (χ0) is 15.1. The average molecular weight is 300 g/mol. The van der Waals surface area contributed by atoms with E-state index in [9.17, 15) is 14.9 Å². The van der Waals surface area contributed by atoms with E-state index in [2.05, 4.69) is 10.6 Å². The van der Waals surface area contributed by atoms with Gasteiger partial charge in [-0.2, -0.15) is 0 Å². The summed E-state index contributed by atoms with van der Waals surface area (Å²) in [6.45, 7) is 4.63. The van der Waals surface area contributed by atoms with Crippen LogP contribution in [0.4, 0.5) is 5.69 Å². The Labute approximate surface area is 122 Å². The molecular weight excluding hydrogens is 282 g/mol. The van der Waals surface area contributed by atoms with Crippen LogP contribution >= 0.6 is 11.6 Å². The molecule has 110 valence electrons. The van der Waals surface area contributed by atoms with Crippen LogP contribution in [-0.4, -0.2) is 23.4 Å². The molecule has 20 heavy (non-hydrogen) atoms. The van der Waals surface area contributed by atoms with Crippen molar-refractivity contribution in [2.75, 3.05) is 6.54 Å². The molecule has 2 N–H and O–H groups in total. The number of hydrogen-bond donors (Lipinski definition) is 2. The van der Waals surface area contributed by atoms with Crippen molar-refractivity contribution >= 4 is 23.2 Å². The molecule has 0 saturated heterocycles. The topological polar surface area (TPSA) is 84.3 Å². The molecule has 6 nitrogen and oxygen atoms in total. The van der Waals surface area contributed by atoms with Crippen molar-refractivity contribution in [3.63, 3.8) is 0 Å². The maximum atomic E-state index is 11.7. The molecule has 7 heteroatoms. The van der Waals surface area contributed by atoms with Crippen LogP contribution in [0.3, 0.4) is 0 Å². The highest BCUT2D eigenvalue weighted by molar-refractivity contribution is 6.31. The Morgan fingerprint density at radius 2 is 2.20 bits per heavy atom. The van der Waals surface area contributed by atoms with Crippen molar-refractivity contribution in [2.45, 2.75) is 32.9 Å². The minimum absolute atomic E-state index is 0.0192. The molecule has 1 atom stereocenters. The second-order valence-electron chi connectivity index (χ2n) is 4.43. The number of nitrogens with one attached hydrogen (secondary N) is 2. The molecule has 0 fully saturated rings. The average Bonchev–Trinajstić information content (AvgIpc) is 2.43. The van der Waals surface area contributed by atoms with E-state index in [1.807, 2.05) is 6.92 Å². The highest BCUT2D eigenvalue weighted by Crippen LogP contribution is 2.21. The summed E-state index contributed by atoms with van der Waals surface area (Å²) >= 11 is 5.98. The Bertz CT molecular complexity index is 494. The Hall–Kier alpha value is -1.66. The minimum atomic E-state index is -0.475. The van der Waals surface area contributed by atoms with Gasteiger partial charge in [-0.15, -0.1) is 0 Å². The standard InChI is InChI=1S/C13H18ClN3O3/c1-3-6-15-13(18)9(2)16-8-10-7-11(17(19)20)4-5-12(10)14/h4-5,7,9,16H,3,6,8H2,1-2H3,(H,15,18). The van der Waals surface area contributed by atoms with Gasteiger partial charge in [0, 0.05) is 30.2 Å². The molecule has 0 saturated carbocycles. The smallest absolute Gasteiger partial charge is 0.269 e. The van der Waals surface area contributed by atoms with E-state index in [0.29, 0.717) is 23.7 Å². The first-order valence-electron chi connectivity index (χ1n) is 6.39. The molecule has 0 heterocycles. The van der Waals surface area contributed by atoms with E-state index in [-0.39, 0.29) is 11.6 Å². The second kappa shape index (κ2) is 7.81. The molecule has 0 aromatic heterocycles. The van der Waals surface area contributed by atoms with Crippen molar-refractivity contribution in [3.05, 3.63) is 38.9 Å². The van der Waals surface area contributed by atoms with Gasteiger partial charge in [0.25, 0.3) is 5.69 Å². The van der Waals surface area contributed by atoms with Gasteiger partial charge in [0.15, 0.2) is 0 Å². The van der Waals surface area contributed by atoms with Crippen molar-refractivity contribution < 1.29 is 9.72 Å². The first-order valence-corrected chi connectivity index (χ1v) is 6.77. The van der Waals surface area contributed by atoms with Gasteiger partial charge in [0.1, 0.15) is 0 Å². The summed E-state index contributed by atoms with van der Waals surface area (Å²) in [6, 6.07) is 3.85. The van der Waals surface area contributed by atoms with Crippen LogP contribution < -0.4 is 10.6 Å². The van der Waals surface area contributed by atoms with Crippen LogP contribution in [0.15, 0.2) is 18.2 Å². The quantitative estimate of drug-likeness (QED) is 0.597. The lowest BCUT2D eigenvalue weighted by Gasteiger charge is -2.14. The first kappa shape index (κ1) is 16.4. The molecule has 0 aliphatic heterocycles. The molecule has 1 rings (SSSR count). The molecule has 1 aromatic rings. The van der Waals surface area contributed by atoms with Crippen molar-refractivity contribution in [1.29, 1.82) is 0 Å². The third kappa shape index (κ3) is 4.79. The number of carbonyl (C=O) groups is 1. The fourth-order valence-corrected chi connectivity index (χ4v) is 1.75. The number of carbonyl (C=O) groups excluding carboxylic acids is 1. The largest absolute Gasteiger partial charge is 0.355 e. The highest BCUT2D eigenvalue weighted by Gasteiger charge is 2.14. The van der Waals surface area contributed by atoms with Crippen molar-refractivity contribution in [2.24, 2.45) is 0 Å². The number of benzene rings is 1. The monoisotopic (exact) mass is 299 g/mol. The second-order valence-corrected chi connectivity index (χ2v) is 4.83. The molecule has 0 aliphatic rings. The summed E-state index contributed by atoms with van der Waals surface area (Å²) in [7, 11) is 0. The van der Waals surface area contributed by atoms with Crippen LogP contribution in [0.1, 0.15) is 25.8 Å². The molecule has 0 radical (unpaired) electrons. The molecule has 1 amide bonds. The number of nitro groups is 1. The normalized spacial score (nSPS) is 11.9. The summed E-state index contributed by atoms with van der Waals surface area (Å²) < 4.78 is 0. The maximum absolute atomic E-state index is 11.7. The van der Waals surface area contributed by atoms with E-state index in [0.717, 1.165) is 6.42 Å². The third-order valence-corrected chi connectivity index (χ3v) is 3.15. The number of hydrogen-bond acceptors (Lipinski definition) is 4. The van der Waals surface area contributed by atoms with Gasteiger partial charge in [-0.3, -0.25) is 14.9 Å². The number of nitro benzene ring substituents is 1. The number of nitrogens with zero attached hydrogens (tertiary/aromatic N) is 1. The third-order valence-electron chi connectivity index (χ3n) is 2.78. The summed E-state index contributed by atoms with van der Waals surface area (Å²) in [6.07, 6.45) is 0.870. The van der Waals surface area contributed by atoms with E-state index in [4.69, 9.17) is 11.6 Å². The maximum Gasteiger partial charge on any atom is 0.269 e. The van der Waals surface area contributed by atoms with Gasteiger partial charge in [-0.05, 0) is 25.0 Å². The zero-order valence-electron chi connectivity index (χ0n) is 11.5. The van der Waals surface area contributed by atoms with E-state index in [1.54, 1.807) is 6.92 Å². The highest BCUT2D eigenvalue weighted by atomic mass is 35.5. The molecule has 0 bridgehead atoms. The lowest BCUT2D eigenvalue weighted by Crippen LogP contribution is -2.42. The van der Waals surface area contributed by atoms with Gasteiger partial charge in [-0.25, -0.2) is 0 Å². The Balaban J connectivity index is 2.62. The van der Waals surface area contributed by atoms with Crippen LogP contribution in [0.5, 0.6) is 0 Å². The lowest BCUT2D eigenvalue weighted by atomic mass is 10.2. The van der Waals surface area contributed by atoms with Crippen LogP contribution in [0.2, 0.25) is 5.02 Å². The predicted molar refractivity (Wildman–Crippen MR) is 77.7 cm³/mol. The van der Waals surface area contributed by atoms with Gasteiger partial charge in [-0.1, -0.05) is 18.5 Å². The Kier molecular flexibility index (Phi) is 6.41. The molecule has 0 aliphatic carbocycles. The number of amides is 1. The zero-order valence-corrected chi connectivity index (χ0v) is 12.2. The van der Waals surface area contributed by atoms with Crippen molar-refractivity contribution in [1.82, 2.24) is 10.6 Å². The molecule has 1 aromatic carbocycles. The molecule has 1 unspecified atom stereocenters. The van der Waals surface area contributed by atoms with Crippen LogP contribution in [0, 0.1) is 10.1 Å². The predicted octanol–water partition coefficient (Wildman–Crippen LogP) is 2.25. The van der Waals surface area contributed by atoms with Gasteiger partial charge in [0.05, 0.1) is 11.0 Å². The van der Waals surface area contributed by atoms with Crippen LogP contribution in [-0.2, 0) is 11.3 Å². The molecule has 0 spiro atoms. The van der Waals surface area contributed by atoms with Gasteiger partial charge in [0.2, 0.25) is 5.91 Å². The summed E-state index contributed by atoms with van der Waals surface area (Å²) in [5.41, 5.74) is 0.574. The minimum Gasteiger partial charge on any atom is -0.355 e. The summed E-state index contributed by atoms with van der Waals surface area (Å²) in [4.78, 5) is 21.9. The van der Waals surface area contributed by atoms with Crippen LogP contribution in [0.25, 0.3) is 0 Å².